The lowest BCUT2D eigenvalue weighted by atomic mass is 10.2. The van der Waals surface area contributed by atoms with Crippen LogP contribution in [0.5, 0.6) is 5.75 Å². The standard InChI is InChI=1S/C11H11BrN2O/c1-15-10-8-14(13-11(10)12)7-9-5-3-2-4-6-9/h2-6,8H,7H2,1H3. The highest BCUT2D eigenvalue weighted by Crippen LogP contribution is 2.22. The second-order valence-electron chi connectivity index (χ2n) is 3.17. The van der Waals surface area contributed by atoms with Gasteiger partial charge in [0.2, 0.25) is 0 Å². The Morgan fingerprint density at radius 3 is 2.67 bits per heavy atom. The Labute approximate surface area is 96.8 Å². The highest BCUT2D eigenvalue weighted by atomic mass is 79.9. The Hall–Kier alpha value is -1.29. The lowest BCUT2D eigenvalue weighted by Gasteiger charge is -2.00. The maximum absolute atomic E-state index is 5.13. The SMILES string of the molecule is COc1cn(Cc2ccccc2)nc1Br. The van der Waals surface area contributed by atoms with Crippen LogP contribution in [0.4, 0.5) is 0 Å². The Morgan fingerprint density at radius 1 is 1.33 bits per heavy atom. The van der Waals surface area contributed by atoms with Crippen LogP contribution >= 0.6 is 15.9 Å². The highest BCUT2D eigenvalue weighted by Gasteiger charge is 2.05. The molecular formula is C11H11BrN2O. The van der Waals surface area contributed by atoms with Gasteiger partial charge in [-0.15, -0.1) is 0 Å². The van der Waals surface area contributed by atoms with Crippen molar-refractivity contribution < 1.29 is 4.74 Å². The predicted octanol–water partition coefficient (Wildman–Crippen LogP) is 2.70. The first kappa shape index (κ1) is 10.2. The molecule has 0 amide bonds. The van der Waals surface area contributed by atoms with Crippen LogP contribution in [0.25, 0.3) is 0 Å². The predicted molar refractivity (Wildman–Crippen MR) is 62.0 cm³/mol. The minimum absolute atomic E-state index is 0.737. The highest BCUT2D eigenvalue weighted by molar-refractivity contribution is 9.10. The van der Waals surface area contributed by atoms with Crippen molar-refractivity contribution in [3.05, 3.63) is 46.7 Å². The summed E-state index contributed by atoms with van der Waals surface area (Å²) < 4.78 is 7.72. The van der Waals surface area contributed by atoms with Gasteiger partial charge in [-0.05, 0) is 21.5 Å². The summed E-state index contributed by atoms with van der Waals surface area (Å²) in [5.41, 5.74) is 1.22. The van der Waals surface area contributed by atoms with Crippen molar-refractivity contribution >= 4 is 15.9 Å². The number of nitrogens with zero attached hydrogens (tertiary/aromatic N) is 2. The summed E-state index contributed by atoms with van der Waals surface area (Å²) in [6.07, 6.45) is 1.87. The van der Waals surface area contributed by atoms with Gasteiger partial charge in [0.1, 0.15) is 0 Å². The van der Waals surface area contributed by atoms with E-state index < -0.39 is 0 Å². The molecule has 0 bridgehead atoms. The van der Waals surface area contributed by atoms with Gasteiger partial charge in [0, 0.05) is 0 Å². The van der Waals surface area contributed by atoms with Crippen LogP contribution < -0.4 is 4.74 Å². The average Bonchev–Trinajstić information content (AvgIpc) is 2.60. The molecule has 2 rings (SSSR count). The van der Waals surface area contributed by atoms with Gasteiger partial charge in [0.25, 0.3) is 0 Å². The minimum Gasteiger partial charge on any atom is -0.492 e. The lowest BCUT2D eigenvalue weighted by Crippen LogP contribution is -1.99. The molecule has 4 heteroatoms. The van der Waals surface area contributed by atoms with Crippen molar-refractivity contribution in [3.63, 3.8) is 0 Å². The summed E-state index contributed by atoms with van der Waals surface area (Å²) in [7, 11) is 1.63. The first-order valence-corrected chi connectivity index (χ1v) is 5.40. The van der Waals surface area contributed by atoms with Crippen molar-refractivity contribution in [3.8, 4) is 5.75 Å². The summed E-state index contributed by atoms with van der Waals surface area (Å²) in [5, 5.41) is 4.29. The van der Waals surface area contributed by atoms with Gasteiger partial charge < -0.3 is 4.74 Å². The normalized spacial score (nSPS) is 10.3. The van der Waals surface area contributed by atoms with Crippen molar-refractivity contribution in [2.24, 2.45) is 0 Å². The molecule has 0 unspecified atom stereocenters. The zero-order valence-electron chi connectivity index (χ0n) is 8.35. The largest absolute Gasteiger partial charge is 0.492 e. The van der Waals surface area contributed by atoms with Crippen LogP contribution in [0, 0.1) is 0 Å². The van der Waals surface area contributed by atoms with E-state index >= 15 is 0 Å². The van der Waals surface area contributed by atoms with Gasteiger partial charge in [0.15, 0.2) is 10.4 Å². The zero-order valence-corrected chi connectivity index (χ0v) is 9.94. The third-order valence-electron chi connectivity index (χ3n) is 2.09. The smallest absolute Gasteiger partial charge is 0.171 e. The first-order valence-electron chi connectivity index (χ1n) is 4.60. The average molecular weight is 267 g/mol. The fourth-order valence-electron chi connectivity index (χ4n) is 1.37. The number of halogens is 1. The van der Waals surface area contributed by atoms with Crippen molar-refractivity contribution in [2.75, 3.05) is 7.11 Å². The van der Waals surface area contributed by atoms with Crippen LogP contribution in [-0.4, -0.2) is 16.9 Å². The van der Waals surface area contributed by atoms with Gasteiger partial charge in [0.05, 0.1) is 19.9 Å². The van der Waals surface area contributed by atoms with E-state index in [-0.39, 0.29) is 0 Å². The Morgan fingerprint density at radius 2 is 2.07 bits per heavy atom. The number of ether oxygens (including phenoxy) is 1. The molecule has 1 heterocycles. The molecule has 0 atom stereocenters. The molecule has 2 aromatic rings. The fourth-order valence-corrected chi connectivity index (χ4v) is 1.84. The van der Waals surface area contributed by atoms with E-state index in [4.69, 9.17) is 4.74 Å². The number of hydrogen-bond donors (Lipinski definition) is 0. The van der Waals surface area contributed by atoms with Gasteiger partial charge in [-0.25, -0.2) is 0 Å². The molecular weight excluding hydrogens is 256 g/mol. The molecule has 78 valence electrons. The maximum atomic E-state index is 5.13. The summed E-state index contributed by atoms with van der Waals surface area (Å²) in [6, 6.07) is 10.2. The summed E-state index contributed by atoms with van der Waals surface area (Å²) in [6.45, 7) is 0.753. The molecule has 0 N–H and O–H groups in total. The van der Waals surface area contributed by atoms with Crippen molar-refractivity contribution in [1.29, 1.82) is 0 Å². The monoisotopic (exact) mass is 266 g/mol. The lowest BCUT2D eigenvalue weighted by molar-refractivity contribution is 0.411. The Balaban J connectivity index is 2.18. The van der Waals surface area contributed by atoms with Crippen molar-refractivity contribution in [2.45, 2.75) is 6.54 Å². The van der Waals surface area contributed by atoms with Gasteiger partial charge >= 0.3 is 0 Å². The van der Waals surface area contributed by atoms with E-state index in [1.807, 2.05) is 29.1 Å². The summed E-state index contributed by atoms with van der Waals surface area (Å²) in [5.74, 6) is 0.755. The Bertz CT molecular complexity index is 439. The number of benzene rings is 1. The molecule has 0 spiro atoms. The van der Waals surface area contributed by atoms with E-state index in [2.05, 4.69) is 33.2 Å². The number of hydrogen-bond acceptors (Lipinski definition) is 2. The summed E-state index contributed by atoms with van der Waals surface area (Å²) in [4.78, 5) is 0. The molecule has 1 aromatic heterocycles. The number of rotatable bonds is 3. The van der Waals surface area contributed by atoms with Crippen LogP contribution in [-0.2, 0) is 6.54 Å². The van der Waals surface area contributed by atoms with Crippen LogP contribution in [0.2, 0.25) is 0 Å². The number of aromatic nitrogens is 2. The second-order valence-corrected chi connectivity index (χ2v) is 3.92. The molecule has 1 aromatic carbocycles. The topological polar surface area (TPSA) is 27.1 Å². The van der Waals surface area contributed by atoms with E-state index in [1.165, 1.54) is 5.56 Å². The zero-order chi connectivity index (χ0) is 10.7. The Kier molecular flexibility index (Phi) is 3.06. The fraction of sp³-hybridized carbons (Fsp3) is 0.182. The van der Waals surface area contributed by atoms with E-state index in [9.17, 15) is 0 Å². The number of methoxy groups -OCH3 is 1. The molecule has 3 nitrogen and oxygen atoms in total. The van der Waals surface area contributed by atoms with Crippen LogP contribution in [0.1, 0.15) is 5.56 Å². The molecule has 0 aliphatic heterocycles. The third kappa shape index (κ3) is 2.39. The molecule has 0 aliphatic carbocycles. The van der Waals surface area contributed by atoms with Crippen molar-refractivity contribution in [1.82, 2.24) is 9.78 Å². The quantitative estimate of drug-likeness (QED) is 0.854. The minimum atomic E-state index is 0.737. The molecule has 0 radical (unpaired) electrons. The third-order valence-corrected chi connectivity index (χ3v) is 2.64. The van der Waals surface area contributed by atoms with Crippen LogP contribution in [0.15, 0.2) is 41.1 Å². The molecule has 0 fully saturated rings. The first-order chi connectivity index (χ1) is 7.29. The molecule has 0 aliphatic rings. The second kappa shape index (κ2) is 4.49. The maximum Gasteiger partial charge on any atom is 0.171 e. The molecule has 15 heavy (non-hydrogen) atoms. The molecule has 0 saturated carbocycles. The summed E-state index contributed by atoms with van der Waals surface area (Å²) >= 11 is 3.33. The van der Waals surface area contributed by atoms with E-state index in [1.54, 1.807) is 7.11 Å². The van der Waals surface area contributed by atoms with Gasteiger partial charge in [-0.1, -0.05) is 30.3 Å². The van der Waals surface area contributed by atoms with E-state index in [0.29, 0.717) is 0 Å². The molecule has 0 saturated heterocycles. The van der Waals surface area contributed by atoms with Crippen LogP contribution in [0.3, 0.4) is 0 Å². The van der Waals surface area contributed by atoms with Gasteiger partial charge in [-0.3, -0.25) is 4.68 Å². The van der Waals surface area contributed by atoms with E-state index in [0.717, 1.165) is 16.9 Å². The van der Waals surface area contributed by atoms with Gasteiger partial charge in [-0.2, -0.15) is 5.10 Å².